The molecule has 1 atom stereocenters. The predicted octanol–water partition coefficient (Wildman–Crippen LogP) is 4.10. The third-order valence-corrected chi connectivity index (χ3v) is 5.08. The van der Waals surface area contributed by atoms with Gasteiger partial charge in [0.25, 0.3) is 0 Å². The van der Waals surface area contributed by atoms with Gasteiger partial charge in [-0.15, -0.1) is 0 Å². The van der Waals surface area contributed by atoms with Gasteiger partial charge in [-0.2, -0.15) is 0 Å². The molecule has 0 saturated carbocycles. The standard InChI is InChI=1S/C15H24N2OS/c1-5-11(2)13-12(9-18)19-14(16-13)17-8-6-7-15(3,4)10-17/h9,11H,5-8,10H2,1-4H3. The highest BCUT2D eigenvalue weighted by Crippen LogP contribution is 2.36. The van der Waals surface area contributed by atoms with E-state index < -0.39 is 0 Å². The van der Waals surface area contributed by atoms with Gasteiger partial charge in [-0.25, -0.2) is 4.98 Å². The zero-order chi connectivity index (χ0) is 14.0. The van der Waals surface area contributed by atoms with Crippen molar-refractivity contribution in [2.75, 3.05) is 18.0 Å². The van der Waals surface area contributed by atoms with Gasteiger partial charge in [-0.1, -0.05) is 39.0 Å². The van der Waals surface area contributed by atoms with Crippen molar-refractivity contribution in [3.05, 3.63) is 10.6 Å². The Balaban J connectivity index is 2.25. The van der Waals surface area contributed by atoms with Crippen molar-refractivity contribution >= 4 is 22.8 Å². The van der Waals surface area contributed by atoms with Crippen LogP contribution in [-0.4, -0.2) is 24.4 Å². The molecule has 1 fully saturated rings. The average molecular weight is 280 g/mol. The molecule has 0 amide bonds. The zero-order valence-electron chi connectivity index (χ0n) is 12.4. The van der Waals surface area contributed by atoms with E-state index in [2.05, 4.69) is 32.6 Å². The van der Waals surface area contributed by atoms with Crippen LogP contribution in [0.25, 0.3) is 0 Å². The quantitative estimate of drug-likeness (QED) is 0.779. The molecule has 2 rings (SSSR count). The van der Waals surface area contributed by atoms with E-state index in [0.29, 0.717) is 11.3 Å². The fraction of sp³-hybridized carbons (Fsp3) is 0.733. The van der Waals surface area contributed by atoms with Gasteiger partial charge in [-0.05, 0) is 30.6 Å². The monoisotopic (exact) mass is 280 g/mol. The number of rotatable bonds is 4. The lowest BCUT2D eigenvalue weighted by molar-refractivity contribution is 0.112. The highest BCUT2D eigenvalue weighted by Gasteiger charge is 2.29. The summed E-state index contributed by atoms with van der Waals surface area (Å²) in [6.07, 6.45) is 4.47. The molecule has 3 nitrogen and oxygen atoms in total. The zero-order valence-corrected chi connectivity index (χ0v) is 13.2. The van der Waals surface area contributed by atoms with Gasteiger partial charge in [0, 0.05) is 13.1 Å². The highest BCUT2D eigenvalue weighted by molar-refractivity contribution is 7.17. The molecule has 1 unspecified atom stereocenters. The van der Waals surface area contributed by atoms with Crippen LogP contribution in [0.1, 0.15) is 68.2 Å². The van der Waals surface area contributed by atoms with Gasteiger partial charge in [0.1, 0.15) is 0 Å². The minimum absolute atomic E-state index is 0.349. The summed E-state index contributed by atoms with van der Waals surface area (Å²) in [6.45, 7) is 11.0. The summed E-state index contributed by atoms with van der Waals surface area (Å²) in [7, 11) is 0. The first-order valence-corrected chi connectivity index (χ1v) is 7.99. The van der Waals surface area contributed by atoms with E-state index in [1.165, 1.54) is 12.8 Å². The second-order valence-corrected chi connectivity index (χ2v) is 7.37. The van der Waals surface area contributed by atoms with Gasteiger partial charge >= 0.3 is 0 Å². The van der Waals surface area contributed by atoms with Gasteiger partial charge < -0.3 is 4.90 Å². The summed E-state index contributed by atoms with van der Waals surface area (Å²) in [5, 5.41) is 1.03. The second-order valence-electron chi connectivity index (χ2n) is 6.36. The lowest BCUT2D eigenvalue weighted by Crippen LogP contribution is -2.40. The SMILES string of the molecule is CCC(C)c1nc(N2CCCC(C)(C)C2)sc1C=O. The average Bonchev–Trinajstić information content (AvgIpc) is 2.80. The van der Waals surface area contributed by atoms with Crippen LogP contribution in [0.5, 0.6) is 0 Å². The summed E-state index contributed by atoms with van der Waals surface area (Å²) in [5.41, 5.74) is 1.34. The topological polar surface area (TPSA) is 33.2 Å². The molecule has 106 valence electrons. The first kappa shape index (κ1) is 14.5. The number of thiazole rings is 1. The maximum atomic E-state index is 11.2. The number of nitrogens with zero attached hydrogens (tertiary/aromatic N) is 2. The molecule has 1 aliphatic heterocycles. The summed E-state index contributed by atoms with van der Waals surface area (Å²) in [4.78, 5) is 19.1. The maximum Gasteiger partial charge on any atom is 0.186 e. The maximum absolute atomic E-state index is 11.2. The number of anilines is 1. The van der Waals surface area contributed by atoms with Crippen molar-refractivity contribution in [1.29, 1.82) is 0 Å². The molecule has 0 aromatic carbocycles. The van der Waals surface area contributed by atoms with E-state index in [0.717, 1.165) is 41.5 Å². The van der Waals surface area contributed by atoms with Crippen LogP contribution in [0, 0.1) is 5.41 Å². The van der Waals surface area contributed by atoms with Crippen molar-refractivity contribution in [3.8, 4) is 0 Å². The lowest BCUT2D eigenvalue weighted by atomic mass is 9.84. The molecular formula is C15H24N2OS. The summed E-state index contributed by atoms with van der Waals surface area (Å²) in [5.74, 6) is 0.364. The van der Waals surface area contributed by atoms with E-state index >= 15 is 0 Å². The molecule has 1 aliphatic rings. The number of carbonyl (C=O) groups is 1. The molecule has 4 heteroatoms. The van der Waals surface area contributed by atoms with Crippen LogP contribution in [0.4, 0.5) is 5.13 Å². The molecule has 0 aliphatic carbocycles. The van der Waals surface area contributed by atoms with Crippen LogP contribution in [0.15, 0.2) is 0 Å². The third kappa shape index (κ3) is 3.16. The number of aromatic nitrogens is 1. The lowest BCUT2D eigenvalue weighted by Gasteiger charge is -2.37. The number of piperidine rings is 1. The molecule has 2 heterocycles. The van der Waals surface area contributed by atoms with Crippen LogP contribution in [-0.2, 0) is 0 Å². The van der Waals surface area contributed by atoms with Crippen molar-refractivity contribution in [1.82, 2.24) is 4.98 Å². The Kier molecular flexibility index (Phi) is 4.29. The number of hydrogen-bond donors (Lipinski definition) is 0. The Morgan fingerprint density at radius 1 is 1.53 bits per heavy atom. The third-order valence-electron chi connectivity index (χ3n) is 4.03. The second kappa shape index (κ2) is 5.61. The van der Waals surface area contributed by atoms with Gasteiger partial charge in [0.05, 0.1) is 10.6 Å². The van der Waals surface area contributed by atoms with Crippen LogP contribution < -0.4 is 4.90 Å². The van der Waals surface area contributed by atoms with E-state index in [1.54, 1.807) is 11.3 Å². The Bertz CT molecular complexity index is 453. The van der Waals surface area contributed by atoms with Crippen molar-refractivity contribution in [2.45, 2.75) is 52.9 Å². The van der Waals surface area contributed by atoms with Crippen molar-refractivity contribution in [2.24, 2.45) is 5.41 Å². The summed E-state index contributed by atoms with van der Waals surface area (Å²) < 4.78 is 0. The molecule has 19 heavy (non-hydrogen) atoms. The first-order valence-electron chi connectivity index (χ1n) is 7.17. The molecule has 1 saturated heterocycles. The first-order chi connectivity index (χ1) is 8.96. The van der Waals surface area contributed by atoms with E-state index in [4.69, 9.17) is 4.98 Å². The summed E-state index contributed by atoms with van der Waals surface area (Å²) in [6, 6.07) is 0. The summed E-state index contributed by atoms with van der Waals surface area (Å²) >= 11 is 1.56. The van der Waals surface area contributed by atoms with E-state index in [1.807, 2.05) is 0 Å². The molecular weight excluding hydrogens is 256 g/mol. The Morgan fingerprint density at radius 2 is 2.26 bits per heavy atom. The van der Waals surface area contributed by atoms with Gasteiger partial charge in [-0.3, -0.25) is 4.79 Å². The largest absolute Gasteiger partial charge is 0.348 e. The minimum Gasteiger partial charge on any atom is -0.348 e. The highest BCUT2D eigenvalue weighted by atomic mass is 32.1. The van der Waals surface area contributed by atoms with Crippen LogP contribution in [0.3, 0.4) is 0 Å². The normalized spacial score (nSPS) is 20.3. The number of carbonyl (C=O) groups excluding carboxylic acids is 1. The van der Waals surface area contributed by atoms with Crippen molar-refractivity contribution in [3.63, 3.8) is 0 Å². The van der Waals surface area contributed by atoms with Gasteiger partial charge in [0.15, 0.2) is 11.4 Å². The minimum atomic E-state index is 0.349. The molecule has 0 spiro atoms. The van der Waals surface area contributed by atoms with E-state index in [-0.39, 0.29) is 0 Å². The molecule has 1 aromatic rings. The van der Waals surface area contributed by atoms with Crippen molar-refractivity contribution < 1.29 is 4.79 Å². The number of aldehydes is 1. The molecule has 0 bridgehead atoms. The molecule has 1 aromatic heterocycles. The molecule has 0 N–H and O–H groups in total. The Labute approximate surface area is 120 Å². The van der Waals surface area contributed by atoms with Crippen LogP contribution in [0.2, 0.25) is 0 Å². The fourth-order valence-electron chi connectivity index (χ4n) is 2.68. The number of hydrogen-bond acceptors (Lipinski definition) is 4. The smallest absolute Gasteiger partial charge is 0.186 e. The Hall–Kier alpha value is -0.900. The fourth-order valence-corrected chi connectivity index (χ4v) is 3.71. The predicted molar refractivity (Wildman–Crippen MR) is 81.4 cm³/mol. The molecule has 0 radical (unpaired) electrons. The van der Waals surface area contributed by atoms with E-state index in [9.17, 15) is 4.79 Å². The Morgan fingerprint density at radius 3 is 2.84 bits per heavy atom. The van der Waals surface area contributed by atoms with Crippen LogP contribution >= 0.6 is 11.3 Å². The van der Waals surface area contributed by atoms with Gasteiger partial charge in [0.2, 0.25) is 0 Å².